The number of hydrogen-bond acceptors (Lipinski definition) is 3. The fourth-order valence-electron chi connectivity index (χ4n) is 1.60. The Morgan fingerprint density at radius 1 is 1.35 bits per heavy atom. The molecule has 112 valence electrons. The average molecular weight is 306 g/mol. The lowest BCUT2D eigenvalue weighted by Gasteiger charge is -2.17. The highest BCUT2D eigenvalue weighted by atomic mass is 32.2. The van der Waals surface area contributed by atoms with Gasteiger partial charge in [0.05, 0.1) is 17.8 Å². The summed E-state index contributed by atoms with van der Waals surface area (Å²) >= 11 is 1.64. The molecule has 0 atom stereocenters. The largest absolute Gasteiger partial charge is 0.418 e. The minimum Gasteiger partial charge on any atom is -0.324 e. The van der Waals surface area contributed by atoms with E-state index in [9.17, 15) is 18.0 Å². The third-order valence-electron chi connectivity index (χ3n) is 2.60. The fourth-order valence-corrected chi connectivity index (χ4v) is 2.09. The van der Waals surface area contributed by atoms with Crippen molar-refractivity contribution < 1.29 is 18.0 Å². The van der Waals surface area contributed by atoms with E-state index in [1.54, 1.807) is 23.7 Å². The number of hydrogen-bond donors (Lipinski definition) is 1. The van der Waals surface area contributed by atoms with Crippen LogP contribution in [0.1, 0.15) is 5.56 Å². The van der Waals surface area contributed by atoms with E-state index in [1.165, 1.54) is 18.2 Å². The van der Waals surface area contributed by atoms with E-state index in [0.29, 0.717) is 6.54 Å². The van der Waals surface area contributed by atoms with E-state index >= 15 is 0 Å². The van der Waals surface area contributed by atoms with Crippen molar-refractivity contribution in [3.63, 3.8) is 0 Å². The Kier molecular flexibility index (Phi) is 6.35. The number of likely N-dealkylation sites (N-methyl/N-ethyl adjacent to an activating group) is 1. The number of carbonyl (C=O) groups excluding carboxylic acids is 1. The number of nitrogens with one attached hydrogen (secondary N) is 1. The van der Waals surface area contributed by atoms with E-state index < -0.39 is 17.6 Å². The van der Waals surface area contributed by atoms with Gasteiger partial charge in [0, 0.05) is 12.3 Å². The van der Waals surface area contributed by atoms with Crippen LogP contribution in [-0.2, 0) is 11.0 Å². The van der Waals surface area contributed by atoms with Crippen molar-refractivity contribution in [2.75, 3.05) is 37.5 Å². The topological polar surface area (TPSA) is 32.3 Å². The van der Waals surface area contributed by atoms with Gasteiger partial charge < -0.3 is 5.32 Å². The summed E-state index contributed by atoms with van der Waals surface area (Å²) in [6, 6.07) is 4.96. The van der Waals surface area contributed by atoms with Gasteiger partial charge in [-0.1, -0.05) is 12.1 Å². The number of benzene rings is 1. The van der Waals surface area contributed by atoms with Crippen LogP contribution in [0.4, 0.5) is 18.9 Å². The first-order valence-electron chi connectivity index (χ1n) is 5.98. The number of thioether (sulfide) groups is 1. The molecule has 0 spiro atoms. The molecule has 0 radical (unpaired) electrons. The Hall–Kier alpha value is -1.21. The molecule has 1 amide bonds. The second-order valence-electron chi connectivity index (χ2n) is 4.32. The molecule has 1 aromatic carbocycles. The molecule has 20 heavy (non-hydrogen) atoms. The van der Waals surface area contributed by atoms with E-state index in [0.717, 1.165) is 11.8 Å². The Bertz CT molecular complexity index is 451. The van der Waals surface area contributed by atoms with Crippen molar-refractivity contribution in [3.8, 4) is 0 Å². The number of halogens is 3. The number of anilines is 1. The predicted octanol–water partition coefficient (Wildman–Crippen LogP) is 2.94. The molecule has 0 saturated carbocycles. The lowest BCUT2D eigenvalue weighted by atomic mass is 10.1. The van der Waals surface area contributed by atoms with Crippen molar-refractivity contribution in [3.05, 3.63) is 29.8 Å². The van der Waals surface area contributed by atoms with Crippen LogP contribution in [0, 0.1) is 0 Å². The van der Waals surface area contributed by atoms with Gasteiger partial charge in [0.15, 0.2) is 0 Å². The number of carbonyl (C=O) groups is 1. The first kappa shape index (κ1) is 16.8. The maximum atomic E-state index is 12.8. The molecule has 0 aromatic heterocycles. The second-order valence-corrected chi connectivity index (χ2v) is 5.31. The van der Waals surface area contributed by atoms with Gasteiger partial charge in [-0.2, -0.15) is 24.9 Å². The Labute approximate surface area is 120 Å². The summed E-state index contributed by atoms with van der Waals surface area (Å²) in [4.78, 5) is 13.5. The number of amides is 1. The Balaban J connectivity index is 2.67. The normalized spacial score (nSPS) is 11.7. The van der Waals surface area contributed by atoms with Crippen LogP contribution in [0.2, 0.25) is 0 Å². The summed E-state index contributed by atoms with van der Waals surface area (Å²) in [5, 5.41) is 2.32. The smallest absolute Gasteiger partial charge is 0.324 e. The van der Waals surface area contributed by atoms with Gasteiger partial charge in [0.1, 0.15) is 0 Å². The third-order valence-corrected chi connectivity index (χ3v) is 3.19. The number of nitrogens with zero attached hydrogens (tertiary/aromatic N) is 1. The molecule has 0 aliphatic carbocycles. The van der Waals surface area contributed by atoms with E-state index in [2.05, 4.69) is 5.32 Å². The SMILES string of the molecule is CSCCN(C)CC(=O)Nc1ccccc1C(F)(F)F. The van der Waals surface area contributed by atoms with Crippen LogP contribution < -0.4 is 5.32 Å². The number of alkyl halides is 3. The van der Waals surface area contributed by atoms with E-state index in [-0.39, 0.29) is 12.2 Å². The first-order chi connectivity index (χ1) is 9.34. The molecule has 0 aliphatic rings. The van der Waals surface area contributed by atoms with Gasteiger partial charge in [0.25, 0.3) is 0 Å². The van der Waals surface area contributed by atoms with Crippen LogP contribution in [0.5, 0.6) is 0 Å². The van der Waals surface area contributed by atoms with Gasteiger partial charge in [-0.25, -0.2) is 0 Å². The first-order valence-corrected chi connectivity index (χ1v) is 7.37. The molecular formula is C13H17F3N2OS. The summed E-state index contributed by atoms with van der Waals surface area (Å²) < 4.78 is 38.3. The van der Waals surface area contributed by atoms with Crippen LogP contribution >= 0.6 is 11.8 Å². The number of rotatable bonds is 6. The summed E-state index contributed by atoms with van der Waals surface area (Å²) in [5.41, 5.74) is -1.04. The van der Waals surface area contributed by atoms with Crippen molar-refractivity contribution in [1.29, 1.82) is 0 Å². The second kappa shape index (κ2) is 7.54. The molecule has 0 saturated heterocycles. The molecular weight excluding hydrogens is 289 g/mol. The lowest BCUT2D eigenvalue weighted by molar-refractivity contribution is -0.137. The van der Waals surface area contributed by atoms with Crippen molar-refractivity contribution in [2.24, 2.45) is 0 Å². The standard InChI is InChI=1S/C13H17F3N2OS/c1-18(7-8-20-2)9-12(19)17-11-6-4-3-5-10(11)13(14,15)16/h3-6H,7-9H2,1-2H3,(H,17,19). The molecule has 0 bridgehead atoms. The summed E-state index contributed by atoms with van der Waals surface area (Å²) in [6.45, 7) is 0.766. The predicted molar refractivity (Wildman–Crippen MR) is 76.0 cm³/mol. The number of para-hydroxylation sites is 1. The molecule has 0 aliphatic heterocycles. The molecule has 0 unspecified atom stereocenters. The monoisotopic (exact) mass is 306 g/mol. The summed E-state index contributed by atoms with van der Waals surface area (Å²) in [6.07, 6.45) is -2.53. The maximum absolute atomic E-state index is 12.8. The van der Waals surface area contributed by atoms with Crippen LogP contribution in [-0.4, -0.2) is 43.0 Å². The van der Waals surface area contributed by atoms with E-state index in [1.807, 2.05) is 6.26 Å². The minimum atomic E-state index is -4.48. The van der Waals surface area contributed by atoms with E-state index in [4.69, 9.17) is 0 Å². The Morgan fingerprint density at radius 3 is 2.60 bits per heavy atom. The van der Waals surface area contributed by atoms with Gasteiger partial charge >= 0.3 is 6.18 Å². The Morgan fingerprint density at radius 2 is 2.00 bits per heavy atom. The highest BCUT2D eigenvalue weighted by Gasteiger charge is 2.33. The molecule has 3 nitrogen and oxygen atoms in total. The molecule has 1 N–H and O–H groups in total. The molecule has 7 heteroatoms. The van der Waals surface area contributed by atoms with Gasteiger partial charge in [0.2, 0.25) is 5.91 Å². The minimum absolute atomic E-state index is 0.0623. The highest BCUT2D eigenvalue weighted by molar-refractivity contribution is 7.98. The third kappa shape index (κ3) is 5.42. The fraction of sp³-hybridized carbons (Fsp3) is 0.462. The molecule has 1 rings (SSSR count). The maximum Gasteiger partial charge on any atom is 0.418 e. The quantitative estimate of drug-likeness (QED) is 0.877. The summed E-state index contributed by atoms with van der Waals surface area (Å²) in [7, 11) is 1.76. The molecule has 0 fully saturated rings. The van der Waals surface area contributed by atoms with Crippen molar-refractivity contribution in [2.45, 2.75) is 6.18 Å². The van der Waals surface area contributed by atoms with Crippen molar-refractivity contribution in [1.82, 2.24) is 4.90 Å². The average Bonchev–Trinajstić information content (AvgIpc) is 2.35. The van der Waals surface area contributed by atoms with Crippen LogP contribution in [0.3, 0.4) is 0 Å². The molecule has 0 heterocycles. The van der Waals surface area contributed by atoms with Crippen LogP contribution in [0.25, 0.3) is 0 Å². The van der Waals surface area contributed by atoms with Crippen molar-refractivity contribution >= 4 is 23.4 Å². The van der Waals surface area contributed by atoms with Gasteiger partial charge in [-0.15, -0.1) is 0 Å². The van der Waals surface area contributed by atoms with Crippen LogP contribution in [0.15, 0.2) is 24.3 Å². The lowest BCUT2D eigenvalue weighted by Crippen LogP contribution is -2.32. The molecule has 1 aromatic rings. The van der Waals surface area contributed by atoms with Gasteiger partial charge in [-0.3, -0.25) is 9.69 Å². The zero-order chi connectivity index (χ0) is 15.2. The zero-order valence-electron chi connectivity index (χ0n) is 11.3. The summed E-state index contributed by atoms with van der Waals surface area (Å²) in [5.74, 6) is 0.411. The van der Waals surface area contributed by atoms with Gasteiger partial charge in [-0.05, 0) is 25.4 Å². The zero-order valence-corrected chi connectivity index (χ0v) is 12.1. The highest BCUT2D eigenvalue weighted by Crippen LogP contribution is 2.34.